The van der Waals surface area contributed by atoms with E-state index in [-0.39, 0.29) is 11.7 Å². The lowest BCUT2D eigenvalue weighted by molar-refractivity contribution is 0.112. The third-order valence-electron chi connectivity index (χ3n) is 4.91. The summed E-state index contributed by atoms with van der Waals surface area (Å²) < 4.78 is 19.4. The summed E-state index contributed by atoms with van der Waals surface area (Å²) in [6.07, 6.45) is 1.50. The summed E-state index contributed by atoms with van der Waals surface area (Å²) in [7, 11) is 0. The summed E-state index contributed by atoms with van der Waals surface area (Å²) in [6, 6.07) is 14.1. The highest BCUT2D eigenvalue weighted by Crippen LogP contribution is 2.41. The summed E-state index contributed by atoms with van der Waals surface area (Å²) in [5.74, 6) is 0.567. The standard InChI is InChI=1S/C23H20FNO2/c1-14(2)22-19(13-26)21(15-7-9-16(24)10-8-15)18-11-12-27-20-6-4-3-5-17(20)23(18)25-22/h3-10,13-14H,11-12H2,1-2H3. The van der Waals surface area contributed by atoms with E-state index in [0.29, 0.717) is 18.6 Å². The molecule has 1 aliphatic heterocycles. The first kappa shape index (κ1) is 17.4. The molecule has 3 aromatic rings. The fourth-order valence-electron chi connectivity index (χ4n) is 3.68. The van der Waals surface area contributed by atoms with Crippen LogP contribution >= 0.6 is 0 Å². The summed E-state index contributed by atoms with van der Waals surface area (Å²) in [5.41, 5.74) is 5.72. The van der Waals surface area contributed by atoms with Crippen molar-refractivity contribution in [3.63, 3.8) is 0 Å². The molecular formula is C23H20FNO2. The van der Waals surface area contributed by atoms with Crippen LogP contribution in [-0.2, 0) is 6.42 Å². The van der Waals surface area contributed by atoms with Gasteiger partial charge >= 0.3 is 0 Å². The highest BCUT2D eigenvalue weighted by atomic mass is 19.1. The van der Waals surface area contributed by atoms with Gasteiger partial charge in [-0.3, -0.25) is 9.78 Å². The van der Waals surface area contributed by atoms with Crippen LogP contribution in [0.4, 0.5) is 4.39 Å². The second-order valence-corrected chi connectivity index (χ2v) is 6.99. The van der Waals surface area contributed by atoms with E-state index < -0.39 is 0 Å². The first-order valence-electron chi connectivity index (χ1n) is 9.10. The van der Waals surface area contributed by atoms with Gasteiger partial charge in [0.25, 0.3) is 0 Å². The Morgan fingerprint density at radius 3 is 2.56 bits per heavy atom. The maximum absolute atomic E-state index is 13.5. The first-order chi connectivity index (χ1) is 13.1. The predicted molar refractivity (Wildman–Crippen MR) is 104 cm³/mol. The van der Waals surface area contributed by atoms with Gasteiger partial charge in [0, 0.05) is 17.5 Å². The molecule has 2 aromatic carbocycles. The van der Waals surface area contributed by atoms with Crippen LogP contribution < -0.4 is 4.74 Å². The van der Waals surface area contributed by atoms with Crippen LogP contribution in [0.5, 0.6) is 5.75 Å². The Hall–Kier alpha value is -3.01. The van der Waals surface area contributed by atoms with Crippen LogP contribution in [0.25, 0.3) is 22.4 Å². The van der Waals surface area contributed by atoms with E-state index in [0.717, 1.165) is 45.7 Å². The average molecular weight is 361 g/mol. The van der Waals surface area contributed by atoms with E-state index in [2.05, 4.69) is 0 Å². The molecule has 4 rings (SSSR count). The Kier molecular flexibility index (Phi) is 4.48. The Morgan fingerprint density at radius 1 is 1.11 bits per heavy atom. The van der Waals surface area contributed by atoms with Gasteiger partial charge in [0.2, 0.25) is 0 Å². The Bertz CT molecular complexity index is 1010. The van der Waals surface area contributed by atoms with Gasteiger partial charge in [-0.2, -0.15) is 0 Å². The number of carbonyl (C=O) groups excluding carboxylic acids is 1. The fourth-order valence-corrected chi connectivity index (χ4v) is 3.68. The molecule has 1 aliphatic rings. The first-order valence-corrected chi connectivity index (χ1v) is 9.10. The third-order valence-corrected chi connectivity index (χ3v) is 4.91. The largest absolute Gasteiger partial charge is 0.493 e. The van der Waals surface area contributed by atoms with Crippen molar-refractivity contribution in [3.05, 3.63) is 71.2 Å². The number of benzene rings is 2. The van der Waals surface area contributed by atoms with Gasteiger partial charge in [0.15, 0.2) is 6.29 Å². The lowest BCUT2D eigenvalue weighted by atomic mass is 9.87. The summed E-state index contributed by atoms with van der Waals surface area (Å²) in [4.78, 5) is 17.0. The molecule has 0 spiro atoms. The molecule has 0 saturated carbocycles. The quantitative estimate of drug-likeness (QED) is 0.584. The zero-order chi connectivity index (χ0) is 19.0. The molecule has 0 radical (unpaired) electrons. The monoisotopic (exact) mass is 361 g/mol. The lowest BCUT2D eigenvalue weighted by Crippen LogP contribution is -2.09. The van der Waals surface area contributed by atoms with Gasteiger partial charge in [-0.15, -0.1) is 0 Å². The van der Waals surface area contributed by atoms with Crippen molar-refractivity contribution < 1.29 is 13.9 Å². The van der Waals surface area contributed by atoms with Crippen molar-refractivity contribution >= 4 is 6.29 Å². The molecule has 1 aromatic heterocycles. The fraction of sp³-hybridized carbons (Fsp3) is 0.217. The molecule has 0 fully saturated rings. The molecule has 3 nitrogen and oxygen atoms in total. The molecule has 0 amide bonds. The van der Waals surface area contributed by atoms with Crippen LogP contribution in [0.1, 0.15) is 41.4 Å². The van der Waals surface area contributed by atoms with Gasteiger partial charge in [-0.05, 0) is 46.9 Å². The molecule has 4 heteroatoms. The number of fused-ring (bicyclic) bond motifs is 3. The number of halogens is 1. The Balaban J connectivity index is 2.10. The molecule has 0 unspecified atom stereocenters. The molecule has 0 saturated heterocycles. The second-order valence-electron chi connectivity index (χ2n) is 6.99. The second kappa shape index (κ2) is 6.95. The van der Waals surface area contributed by atoms with E-state index in [1.165, 1.54) is 12.1 Å². The smallest absolute Gasteiger partial charge is 0.152 e. The SMILES string of the molecule is CC(C)c1nc2c(c(-c3ccc(F)cc3)c1C=O)CCOc1ccccc1-2. The zero-order valence-electron chi connectivity index (χ0n) is 15.3. The van der Waals surface area contributed by atoms with Crippen molar-refractivity contribution in [3.8, 4) is 28.1 Å². The highest BCUT2D eigenvalue weighted by molar-refractivity contribution is 5.93. The summed E-state index contributed by atoms with van der Waals surface area (Å²) in [6.45, 7) is 4.55. The Morgan fingerprint density at radius 2 is 1.85 bits per heavy atom. The maximum atomic E-state index is 13.5. The maximum Gasteiger partial charge on any atom is 0.152 e. The number of para-hydroxylation sites is 1. The minimum Gasteiger partial charge on any atom is -0.493 e. The molecular weight excluding hydrogens is 341 g/mol. The summed E-state index contributed by atoms with van der Waals surface area (Å²) in [5, 5.41) is 0. The van der Waals surface area contributed by atoms with Gasteiger partial charge < -0.3 is 4.74 Å². The number of nitrogens with zero attached hydrogens (tertiary/aromatic N) is 1. The van der Waals surface area contributed by atoms with Crippen molar-refractivity contribution in [1.82, 2.24) is 4.98 Å². The number of hydrogen-bond donors (Lipinski definition) is 0. The van der Waals surface area contributed by atoms with Crippen molar-refractivity contribution in [2.45, 2.75) is 26.2 Å². The zero-order valence-corrected chi connectivity index (χ0v) is 15.3. The van der Waals surface area contributed by atoms with E-state index in [1.807, 2.05) is 38.1 Å². The molecule has 27 heavy (non-hydrogen) atoms. The number of carbonyl (C=O) groups is 1. The molecule has 136 valence electrons. The van der Waals surface area contributed by atoms with Gasteiger partial charge in [0.1, 0.15) is 11.6 Å². The topological polar surface area (TPSA) is 39.2 Å². The van der Waals surface area contributed by atoms with Crippen molar-refractivity contribution in [2.75, 3.05) is 6.61 Å². The predicted octanol–water partition coefficient (Wildman–Crippen LogP) is 5.43. The Labute approximate surface area is 157 Å². The van der Waals surface area contributed by atoms with Crippen LogP contribution in [0.15, 0.2) is 48.5 Å². The van der Waals surface area contributed by atoms with Gasteiger partial charge in [-0.25, -0.2) is 4.39 Å². The normalized spacial score (nSPS) is 12.7. The van der Waals surface area contributed by atoms with Gasteiger partial charge in [0.05, 0.1) is 18.0 Å². The van der Waals surface area contributed by atoms with Crippen LogP contribution in [0, 0.1) is 5.82 Å². The van der Waals surface area contributed by atoms with Crippen LogP contribution in [0.3, 0.4) is 0 Å². The molecule has 0 atom stereocenters. The van der Waals surface area contributed by atoms with Crippen LogP contribution in [0.2, 0.25) is 0 Å². The average Bonchev–Trinajstić information content (AvgIpc) is 2.86. The van der Waals surface area contributed by atoms with Crippen molar-refractivity contribution in [1.29, 1.82) is 0 Å². The minimum atomic E-state index is -0.302. The number of ether oxygens (including phenoxy) is 1. The molecule has 2 heterocycles. The third kappa shape index (κ3) is 3.01. The number of aromatic nitrogens is 1. The van der Waals surface area contributed by atoms with Crippen molar-refractivity contribution in [2.24, 2.45) is 0 Å². The van der Waals surface area contributed by atoms with E-state index in [9.17, 15) is 9.18 Å². The highest BCUT2D eigenvalue weighted by Gasteiger charge is 2.26. The lowest BCUT2D eigenvalue weighted by Gasteiger charge is -2.20. The van der Waals surface area contributed by atoms with E-state index in [1.54, 1.807) is 12.1 Å². The number of rotatable bonds is 3. The molecule has 0 bridgehead atoms. The van der Waals surface area contributed by atoms with E-state index in [4.69, 9.17) is 9.72 Å². The van der Waals surface area contributed by atoms with Crippen LogP contribution in [-0.4, -0.2) is 17.9 Å². The number of aldehydes is 1. The number of pyridine rings is 1. The molecule has 0 N–H and O–H groups in total. The van der Waals surface area contributed by atoms with Gasteiger partial charge in [-0.1, -0.05) is 38.1 Å². The molecule has 0 aliphatic carbocycles. The minimum absolute atomic E-state index is 0.0750. The summed E-state index contributed by atoms with van der Waals surface area (Å²) >= 11 is 0. The van der Waals surface area contributed by atoms with E-state index >= 15 is 0 Å². The number of hydrogen-bond acceptors (Lipinski definition) is 3.